The molecule has 0 radical (unpaired) electrons. The molecule has 6 nitrogen and oxygen atoms in total. The number of carbonyl (C=O) groups is 1. The van der Waals surface area contributed by atoms with Crippen molar-refractivity contribution in [2.75, 3.05) is 5.75 Å². The van der Waals surface area contributed by atoms with E-state index in [4.69, 9.17) is 0 Å². The molecular weight excluding hydrogens is 358 g/mol. The Bertz CT molecular complexity index is 895. The summed E-state index contributed by atoms with van der Waals surface area (Å²) in [5.74, 6) is 0.926. The van der Waals surface area contributed by atoms with Gasteiger partial charge in [-0.15, -0.1) is 16.8 Å². The first-order valence-corrected chi connectivity index (χ1v) is 9.59. The van der Waals surface area contributed by atoms with Crippen molar-refractivity contribution in [1.82, 2.24) is 25.1 Å². The molecule has 0 aliphatic rings. The van der Waals surface area contributed by atoms with Crippen molar-refractivity contribution >= 4 is 17.7 Å². The van der Waals surface area contributed by atoms with Crippen molar-refractivity contribution in [1.29, 1.82) is 0 Å². The van der Waals surface area contributed by atoms with Crippen molar-refractivity contribution in [3.63, 3.8) is 0 Å². The molecule has 0 saturated heterocycles. The van der Waals surface area contributed by atoms with Gasteiger partial charge in [-0.05, 0) is 24.6 Å². The molecule has 138 valence electrons. The second-order valence-electron chi connectivity index (χ2n) is 5.94. The zero-order valence-electron chi connectivity index (χ0n) is 15.1. The van der Waals surface area contributed by atoms with E-state index < -0.39 is 0 Å². The fourth-order valence-electron chi connectivity index (χ4n) is 2.64. The standard InChI is InChI=1S/C20H21N5OS/c1-3-12-25-19(17-10-7-11-21-13-17)23-24-20(25)27-14-18(26)22-15(2)16-8-5-4-6-9-16/h3-11,13,15H,1,12,14H2,2H3,(H,22,26). The number of nitrogens with zero attached hydrogens (tertiary/aromatic N) is 4. The quantitative estimate of drug-likeness (QED) is 0.479. The number of amides is 1. The maximum absolute atomic E-state index is 12.3. The summed E-state index contributed by atoms with van der Waals surface area (Å²) in [5, 5.41) is 12.2. The normalized spacial score (nSPS) is 11.7. The first-order valence-electron chi connectivity index (χ1n) is 8.60. The van der Waals surface area contributed by atoms with Gasteiger partial charge in [0, 0.05) is 24.5 Å². The van der Waals surface area contributed by atoms with Crippen LogP contribution in [0, 0.1) is 0 Å². The fraction of sp³-hybridized carbons (Fsp3) is 0.200. The van der Waals surface area contributed by atoms with Crippen LogP contribution >= 0.6 is 11.8 Å². The molecule has 3 rings (SSSR count). The van der Waals surface area contributed by atoms with E-state index in [0.717, 1.165) is 11.1 Å². The lowest BCUT2D eigenvalue weighted by Crippen LogP contribution is -2.28. The van der Waals surface area contributed by atoms with E-state index >= 15 is 0 Å². The SMILES string of the molecule is C=CCn1c(SCC(=O)NC(C)c2ccccc2)nnc1-c1cccnc1. The van der Waals surface area contributed by atoms with Gasteiger partial charge in [-0.3, -0.25) is 14.3 Å². The zero-order valence-corrected chi connectivity index (χ0v) is 15.9. The molecule has 0 saturated carbocycles. The topological polar surface area (TPSA) is 72.7 Å². The number of hydrogen-bond donors (Lipinski definition) is 1. The van der Waals surface area contributed by atoms with Gasteiger partial charge in [0.1, 0.15) is 0 Å². The average Bonchev–Trinajstić information content (AvgIpc) is 3.10. The van der Waals surface area contributed by atoms with Gasteiger partial charge in [0.2, 0.25) is 5.91 Å². The van der Waals surface area contributed by atoms with Crippen molar-refractivity contribution in [3.05, 3.63) is 73.1 Å². The van der Waals surface area contributed by atoms with Gasteiger partial charge in [-0.2, -0.15) is 0 Å². The molecule has 0 bridgehead atoms. The van der Waals surface area contributed by atoms with Gasteiger partial charge in [0.05, 0.1) is 11.8 Å². The molecule has 27 heavy (non-hydrogen) atoms. The number of benzene rings is 1. The van der Waals surface area contributed by atoms with Crippen LogP contribution in [0.2, 0.25) is 0 Å². The van der Waals surface area contributed by atoms with Gasteiger partial charge in [0.15, 0.2) is 11.0 Å². The number of carbonyl (C=O) groups excluding carboxylic acids is 1. The first kappa shape index (κ1) is 18.8. The maximum Gasteiger partial charge on any atom is 0.230 e. The van der Waals surface area contributed by atoms with Crippen LogP contribution < -0.4 is 5.32 Å². The van der Waals surface area contributed by atoms with Crippen LogP contribution in [0.15, 0.2) is 72.7 Å². The third kappa shape index (κ3) is 4.83. The number of nitrogens with one attached hydrogen (secondary N) is 1. The van der Waals surface area contributed by atoms with Crippen LogP contribution in [0.25, 0.3) is 11.4 Å². The highest BCUT2D eigenvalue weighted by molar-refractivity contribution is 7.99. The summed E-state index contributed by atoms with van der Waals surface area (Å²) in [6.07, 6.45) is 5.24. The Labute approximate surface area is 162 Å². The third-order valence-corrected chi connectivity index (χ3v) is 4.92. The number of thioether (sulfide) groups is 1. The fourth-order valence-corrected chi connectivity index (χ4v) is 3.39. The van der Waals surface area contributed by atoms with E-state index in [-0.39, 0.29) is 17.7 Å². The molecule has 1 N–H and O–H groups in total. The Morgan fingerprint density at radius 1 is 1.26 bits per heavy atom. The molecule has 1 atom stereocenters. The molecule has 1 amide bonds. The highest BCUT2D eigenvalue weighted by Gasteiger charge is 2.16. The summed E-state index contributed by atoms with van der Waals surface area (Å²) in [6.45, 7) is 6.33. The monoisotopic (exact) mass is 379 g/mol. The van der Waals surface area contributed by atoms with Crippen LogP contribution in [-0.2, 0) is 11.3 Å². The molecule has 0 fully saturated rings. The Balaban J connectivity index is 1.66. The molecule has 1 unspecified atom stereocenters. The van der Waals surface area contributed by atoms with Crippen LogP contribution in [0.4, 0.5) is 0 Å². The minimum Gasteiger partial charge on any atom is -0.349 e. The smallest absolute Gasteiger partial charge is 0.230 e. The largest absolute Gasteiger partial charge is 0.349 e. The van der Waals surface area contributed by atoms with E-state index in [0.29, 0.717) is 17.5 Å². The summed E-state index contributed by atoms with van der Waals surface area (Å²) < 4.78 is 1.93. The van der Waals surface area contributed by atoms with Gasteiger partial charge < -0.3 is 5.32 Å². The van der Waals surface area contributed by atoms with E-state index in [1.54, 1.807) is 18.5 Å². The Morgan fingerprint density at radius 2 is 2.07 bits per heavy atom. The van der Waals surface area contributed by atoms with Gasteiger partial charge >= 0.3 is 0 Å². The molecule has 3 aromatic rings. The Morgan fingerprint density at radius 3 is 2.78 bits per heavy atom. The van der Waals surface area contributed by atoms with Crippen LogP contribution in [-0.4, -0.2) is 31.4 Å². The van der Waals surface area contributed by atoms with Crippen molar-refractivity contribution in [2.24, 2.45) is 0 Å². The van der Waals surface area contributed by atoms with Crippen molar-refractivity contribution in [3.8, 4) is 11.4 Å². The summed E-state index contributed by atoms with van der Waals surface area (Å²) >= 11 is 1.36. The van der Waals surface area contributed by atoms with Crippen molar-refractivity contribution < 1.29 is 4.79 Å². The van der Waals surface area contributed by atoms with E-state index in [2.05, 4.69) is 27.1 Å². The lowest BCUT2D eigenvalue weighted by molar-refractivity contribution is -0.119. The molecule has 1 aromatic carbocycles. The third-order valence-electron chi connectivity index (χ3n) is 3.96. The first-order chi connectivity index (χ1) is 13.2. The van der Waals surface area contributed by atoms with Gasteiger partial charge in [-0.1, -0.05) is 48.2 Å². The van der Waals surface area contributed by atoms with Crippen molar-refractivity contribution in [2.45, 2.75) is 24.7 Å². The number of pyridine rings is 1. The van der Waals surface area contributed by atoms with Crippen LogP contribution in [0.5, 0.6) is 0 Å². The van der Waals surface area contributed by atoms with Crippen LogP contribution in [0.3, 0.4) is 0 Å². The van der Waals surface area contributed by atoms with Gasteiger partial charge in [-0.25, -0.2) is 0 Å². The number of rotatable bonds is 8. The number of hydrogen-bond acceptors (Lipinski definition) is 5. The van der Waals surface area contributed by atoms with E-state index in [1.807, 2.05) is 54.0 Å². The van der Waals surface area contributed by atoms with Crippen LogP contribution in [0.1, 0.15) is 18.5 Å². The molecule has 2 heterocycles. The predicted octanol–water partition coefficient (Wildman–Crippen LogP) is 3.50. The van der Waals surface area contributed by atoms with E-state index in [1.165, 1.54) is 11.8 Å². The maximum atomic E-state index is 12.3. The van der Waals surface area contributed by atoms with E-state index in [9.17, 15) is 4.79 Å². The molecule has 0 aliphatic carbocycles. The number of allylic oxidation sites excluding steroid dienone is 1. The Kier molecular flexibility index (Phi) is 6.38. The second kappa shape index (κ2) is 9.14. The minimum absolute atomic E-state index is 0.0451. The highest BCUT2D eigenvalue weighted by Crippen LogP contribution is 2.23. The number of aromatic nitrogens is 4. The minimum atomic E-state index is -0.0487. The summed E-state index contributed by atoms with van der Waals surface area (Å²) in [5.41, 5.74) is 1.95. The molecule has 2 aromatic heterocycles. The predicted molar refractivity (Wildman–Crippen MR) is 107 cm³/mol. The highest BCUT2D eigenvalue weighted by atomic mass is 32.2. The zero-order chi connectivity index (χ0) is 19.1. The second-order valence-corrected chi connectivity index (χ2v) is 6.88. The summed E-state index contributed by atoms with van der Waals surface area (Å²) in [4.78, 5) is 16.5. The average molecular weight is 379 g/mol. The molecular formula is C20H21N5OS. The van der Waals surface area contributed by atoms with Gasteiger partial charge in [0.25, 0.3) is 0 Å². The molecule has 0 aliphatic heterocycles. The molecule has 7 heteroatoms. The summed E-state index contributed by atoms with van der Waals surface area (Å²) in [7, 11) is 0. The Hall–Kier alpha value is -2.93. The molecule has 0 spiro atoms. The lowest BCUT2D eigenvalue weighted by Gasteiger charge is -2.14. The summed E-state index contributed by atoms with van der Waals surface area (Å²) in [6, 6.07) is 13.6. The lowest BCUT2D eigenvalue weighted by atomic mass is 10.1.